The summed E-state index contributed by atoms with van der Waals surface area (Å²) in [5, 5.41) is 3.97. The van der Waals surface area contributed by atoms with Crippen molar-refractivity contribution in [2.45, 2.75) is 6.42 Å². The van der Waals surface area contributed by atoms with Crippen molar-refractivity contribution < 1.29 is 4.79 Å². The average molecular weight is 363 g/mol. The highest BCUT2D eigenvalue weighted by Crippen LogP contribution is 2.18. The molecule has 0 aromatic heterocycles. The average Bonchev–Trinajstić information content (AvgIpc) is 2.76. The van der Waals surface area contributed by atoms with E-state index >= 15 is 0 Å². The summed E-state index contributed by atoms with van der Waals surface area (Å²) in [6, 6.07) is 6.98. The summed E-state index contributed by atoms with van der Waals surface area (Å²) in [6.07, 6.45) is 2.08. The van der Waals surface area contributed by atoms with E-state index in [1.54, 1.807) is 30.3 Å². The number of carbonyl (C=O) groups is 1. The minimum Gasteiger partial charge on any atom is -0.378 e. The molecule has 1 aromatic rings. The molecule has 2 rings (SSSR count). The Morgan fingerprint density at radius 2 is 2.16 bits per heavy atom. The molecule has 4 nitrogen and oxygen atoms in total. The molecule has 1 aliphatic heterocycles. The Balaban J connectivity index is 0.00000180. The standard InChI is InChI=1S/C12H12ClN3OS.BrH/c13-8-1-3-9(4-2-8)15-11(17)6-5-10-7-18-12(14)16-10;/h1-5H,6-7H2,(H2,14,16)(H,15,17);1H. The first-order chi connectivity index (χ1) is 8.63. The SMILES string of the molecule is Br.NC1=NC(=CCC(=O)Nc2ccc(Cl)cc2)CS1. The first-order valence-corrected chi connectivity index (χ1v) is 6.71. The lowest BCUT2D eigenvalue weighted by atomic mass is 10.3. The third kappa shape index (κ3) is 5.26. The van der Waals surface area contributed by atoms with Crippen molar-refractivity contribution in [3.05, 3.63) is 41.1 Å². The van der Waals surface area contributed by atoms with Gasteiger partial charge in [-0.1, -0.05) is 29.4 Å². The summed E-state index contributed by atoms with van der Waals surface area (Å²) >= 11 is 7.23. The molecule has 1 amide bonds. The quantitative estimate of drug-likeness (QED) is 0.867. The molecule has 3 N–H and O–H groups in total. The van der Waals surface area contributed by atoms with Crippen LogP contribution >= 0.6 is 40.3 Å². The number of nitrogens with one attached hydrogen (secondary N) is 1. The fraction of sp³-hybridized carbons (Fsp3) is 0.167. The van der Waals surface area contributed by atoms with E-state index < -0.39 is 0 Å². The Kier molecular flexibility index (Phi) is 6.41. The van der Waals surface area contributed by atoms with Crippen LogP contribution < -0.4 is 11.1 Å². The van der Waals surface area contributed by atoms with Crippen LogP contribution in [0.3, 0.4) is 0 Å². The molecule has 0 unspecified atom stereocenters. The fourth-order valence-corrected chi connectivity index (χ4v) is 2.20. The van der Waals surface area contributed by atoms with Crippen molar-refractivity contribution in [3.8, 4) is 0 Å². The number of nitrogens with two attached hydrogens (primary N) is 1. The lowest BCUT2D eigenvalue weighted by molar-refractivity contribution is -0.115. The summed E-state index contributed by atoms with van der Waals surface area (Å²) < 4.78 is 0. The lowest BCUT2D eigenvalue weighted by Crippen LogP contribution is -2.10. The topological polar surface area (TPSA) is 67.5 Å². The largest absolute Gasteiger partial charge is 0.378 e. The van der Waals surface area contributed by atoms with Gasteiger partial charge in [0.25, 0.3) is 0 Å². The van der Waals surface area contributed by atoms with Gasteiger partial charge < -0.3 is 11.1 Å². The number of amides is 1. The van der Waals surface area contributed by atoms with Gasteiger partial charge in [-0.3, -0.25) is 4.79 Å². The molecule has 0 radical (unpaired) electrons. The number of carbonyl (C=O) groups excluding carboxylic acids is 1. The van der Waals surface area contributed by atoms with Gasteiger partial charge in [-0.2, -0.15) is 0 Å². The third-order valence-electron chi connectivity index (χ3n) is 2.27. The maximum atomic E-state index is 11.7. The van der Waals surface area contributed by atoms with Gasteiger partial charge in [0.05, 0.1) is 5.70 Å². The second kappa shape index (κ2) is 7.57. The Hall–Kier alpha value is -0.980. The molecular weight excluding hydrogens is 350 g/mol. The zero-order chi connectivity index (χ0) is 13.0. The molecule has 1 aromatic carbocycles. The molecule has 0 aliphatic carbocycles. The van der Waals surface area contributed by atoms with Gasteiger partial charge in [0, 0.05) is 22.9 Å². The second-order valence-corrected chi connectivity index (χ2v) is 5.13. The number of anilines is 1. The van der Waals surface area contributed by atoms with E-state index in [1.807, 2.05) is 0 Å². The van der Waals surface area contributed by atoms with Crippen LogP contribution in [0.2, 0.25) is 5.02 Å². The molecule has 0 saturated heterocycles. The smallest absolute Gasteiger partial charge is 0.228 e. The monoisotopic (exact) mass is 361 g/mol. The maximum absolute atomic E-state index is 11.7. The summed E-state index contributed by atoms with van der Waals surface area (Å²) in [4.78, 5) is 15.8. The molecule has 1 heterocycles. The van der Waals surface area contributed by atoms with Gasteiger partial charge >= 0.3 is 0 Å². The predicted molar refractivity (Wildman–Crippen MR) is 87.2 cm³/mol. The van der Waals surface area contributed by atoms with E-state index in [9.17, 15) is 4.79 Å². The zero-order valence-corrected chi connectivity index (χ0v) is 13.2. The molecule has 0 saturated carbocycles. The van der Waals surface area contributed by atoms with Crippen LogP contribution in [0.25, 0.3) is 0 Å². The van der Waals surface area contributed by atoms with Crippen LogP contribution in [0.1, 0.15) is 6.42 Å². The van der Waals surface area contributed by atoms with Crippen molar-refractivity contribution in [2.24, 2.45) is 10.7 Å². The fourth-order valence-electron chi connectivity index (χ4n) is 1.41. The van der Waals surface area contributed by atoms with Crippen LogP contribution in [0.4, 0.5) is 5.69 Å². The number of nitrogens with zero attached hydrogens (tertiary/aromatic N) is 1. The molecular formula is C12H13BrClN3OS. The number of aliphatic imine (C=N–C) groups is 1. The molecule has 0 bridgehead atoms. The highest BCUT2D eigenvalue weighted by molar-refractivity contribution is 8.93. The number of halogens is 2. The van der Waals surface area contributed by atoms with E-state index in [0.29, 0.717) is 10.2 Å². The summed E-state index contributed by atoms with van der Waals surface area (Å²) in [5.74, 6) is 0.649. The highest BCUT2D eigenvalue weighted by Gasteiger charge is 2.09. The minimum absolute atomic E-state index is 0. The summed E-state index contributed by atoms with van der Waals surface area (Å²) in [7, 11) is 0. The van der Waals surface area contributed by atoms with E-state index in [2.05, 4.69) is 10.3 Å². The first-order valence-electron chi connectivity index (χ1n) is 5.35. The lowest BCUT2D eigenvalue weighted by Gasteiger charge is -2.03. The number of thioether (sulfide) groups is 1. The Labute approximate surface area is 131 Å². The van der Waals surface area contributed by atoms with Crippen LogP contribution in [0.5, 0.6) is 0 Å². The van der Waals surface area contributed by atoms with Gasteiger partial charge in [-0.05, 0) is 24.3 Å². The molecule has 19 heavy (non-hydrogen) atoms. The van der Waals surface area contributed by atoms with Crippen LogP contribution in [0, 0.1) is 0 Å². The van der Waals surface area contributed by atoms with E-state index in [0.717, 1.165) is 17.1 Å². The van der Waals surface area contributed by atoms with E-state index in [1.165, 1.54) is 11.8 Å². The van der Waals surface area contributed by atoms with Crippen LogP contribution in [-0.2, 0) is 4.79 Å². The number of amidine groups is 1. The third-order valence-corrected chi connectivity index (χ3v) is 3.35. The van der Waals surface area contributed by atoms with Crippen LogP contribution in [-0.4, -0.2) is 16.8 Å². The van der Waals surface area contributed by atoms with Gasteiger partial charge in [-0.25, -0.2) is 4.99 Å². The highest BCUT2D eigenvalue weighted by atomic mass is 79.9. The van der Waals surface area contributed by atoms with Gasteiger partial charge in [-0.15, -0.1) is 17.0 Å². The van der Waals surface area contributed by atoms with Crippen molar-refractivity contribution in [1.82, 2.24) is 0 Å². The van der Waals surface area contributed by atoms with E-state index in [4.69, 9.17) is 17.3 Å². The number of benzene rings is 1. The van der Waals surface area contributed by atoms with Crippen molar-refractivity contribution in [2.75, 3.05) is 11.1 Å². The Morgan fingerprint density at radius 3 is 2.74 bits per heavy atom. The van der Waals surface area contributed by atoms with Gasteiger partial charge in [0.15, 0.2) is 5.17 Å². The maximum Gasteiger partial charge on any atom is 0.228 e. The Morgan fingerprint density at radius 1 is 1.47 bits per heavy atom. The number of hydrogen-bond acceptors (Lipinski definition) is 4. The van der Waals surface area contributed by atoms with Gasteiger partial charge in [0.1, 0.15) is 0 Å². The second-order valence-electron chi connectivity index (χ2n) is 3.69. The Bertz CT molecular complexity index is 516. The molecule has 0 spiro atoms. The first kappa shape index (κ1) is 16.1. The van der Waals surface area contributed by atoms with Gasteiger partial charge in [0.2, 0.25) is 5.91 Å². The number of hydrogen-bond donors (Lipinski definition) is 2. The molecule has 0 atom stereocenters. The number of rotatable bonds is 3. The molecule has 7 heteroatoms. The zero-order valence-electron chi connectivity index (χ0n) is 9.93. The van der Waals surface area contributed by atoms with Crippen molar-refractivity contribution in [1.29, 1.82) is 0 Å². The van der Waals surface area contributed by atoms with Crippen LogP contribution in [0.15, 0.2) is 41.0 Å². The minimum atomic E-state index is -0.0875. The normalized spacial score (nSPS) is 15.8. The van der Waals surface area contributed by atoms with Crippen molar-refractivity contribution >= 4 is 57.1 Å². The van der Waals surface area contributed by atoms with E-state index in [-0.39, 0.29) is 29.3 Å². The molecule has 102 valence electrons. The summed E-state index contributed by atoms with van der Waals surface area (Å²) in [6.45, 7) is 0. The molecule has 0 fully saturated rings. The summed E-state index contributed by atoms with van der Waals surface area (Å²) in [5.41, 5.74) is 7.11. The molecule has 1 aliphatic rings. The van der Waals surface area contributed by atoms with Crippen molar-refractivity contribution in [3.63, 3.8) is 0 Å². The predicted octanol–water partition coefficient (Wildman–Crippen LogP) is 3.19.